The molecule has 1 aromatic carbocycles. The average Bonchev–Trinajstić information content (AvgIpc) is 2.84. The summed E-state index contributed by atoms with van der Waals surface area (Å²) < 4.78 is 12.2. The number of benzene rings is 1. The fourth-order valence-electron chi connectivity index (χ4n) is 2.35. The Kier molecular flexibility index (Phi) is 4.17. The predicted molar refractivity (Wildman–Crippen MR) is 89.6 cm³/mol. The normalized spacial score (nSPS) is 21.9. The largest absolute Gasteiger partial charge is 0.358 e. The number of rotatable bonds is 3. The second-order valence-corrected chi connectivity index (χ2v) is 6.90. The molecule has 0 bridgehead atoms. The summed E-state index contributed by atoms with van der Waals surface area (Å²) in [5.74, 6) is -0.499. The van der Waals surface area contributed by atoms with Crippen LogP contribution in [0.25, 0.3) is 0 Å². The molecule has 1 unspecified atom stereocenters. The minimum atomic E-state index is -0.813. The van der Waals surface area contributed by atoms with Crippen molar-refractivity contribution in [1.29, 1.82) is 0 Å². The van der Waals surface area contributed by atoms with Crippen molar-refractivity contribution in [1.82, 2.24) is 10.3 Å². The first-order valence-corrected chi connectivity index (χ1v) is 8.06. The maximum atomic E-state index is 13.0. The quantitative estimate of drug-likeness (QED) is 0.937. The first-order chi connectivity index (χ1) is 11.0. The van der Waals surface area contributed by atoms with Gasteiger partial charge in [0.2, 0.25) is 0 Å². The Morgan fingerprint density at radius 2 is 1.96 bits per heavy atom. The third-order valence-corrected chi connectivity index (χ3v) is 4.97. The maximum Gasteiger partial charge on any atom is 0.270 e. The minimum absolute atomic E-state index is 0.0827. The van der Waals surface area contributed by atoms with Gasteiger partial charge in [-0.3, -0.25) is 9.78 Å². The van der Waals surface area contributed by atoms with Gasteiger partial charge in [0.1, 0.15) is 10.6 Å². The molecule has 1 aliphatic heterocycles. The third-order valence-electron chi connectivity index (χ3n) is 3.78. The molecule has 4 nitrogen and oxygen atoms in total. The van der Waals surface area contributed by atoms with Gasteiger partial charge in [-0.15, -0.1) is 0 Å². The lowest BCUT2D eigenvalue weighted by atomic mass is 10.1. The number of carbonyl (C=O) groups excluding carboxylic acids is 1. The van der Waals surface area contributed by atoms with Crippen molar-refractivity contribution in [3.63, 3.8) is 0 Å². The number of aromatic nitrogens is 1. The van der Waals surface area contributed by atoms with Gasteiger partial charge < -0.3 is 5.32 Å². The summed E-state index contributed by atoms with van der Waals surface area (Å²) in [6, 6.07) is 11.7. The second-order valence-electron chi connectivity index (χ2n) is 5.49. The van der Waals surface area contributed by atoms with Gasteiger partial charge in [-0.2, -0.15) is 4.99 Å². The van der Waals surface area contributed by atoms with Crippen molar-refractivity contribution in [3.8, 4) is 0 Å². The van der Waals surface area contributed by atoms with E-state index in [1.165, 1.54) is 23.9 Å². The summed E-state index contributed by atoms with van der Waals surface area (Å²) in [6.45, 7) is 3.76. The number of nitrogens with zero attached hydrogens (tertiary/aromatic N) is 2. The third kappa shape index (κ3) is 3.12. The number of hydrogen-bond acceptors (Lipinski definition) is 4. The number of thioether (sulfide) groups is 1. The van der Waals surface area contributed by atoms with Crippen molar-refractivity contribution in [2.24, 2.45) is 4.99 Å². The Bertz CT molecular complexity index is 748. The zero-order valence-electron chi connectivity index (χ0n) is 12.8. The summed E-state index contributed by atoms with van der Waals surface area (Å²) in [4.78, 5) is 20.7. The molecule has 3 rings (SSSR count). The van der Waals surface area contributed by atoms with E-state index in [1.54, 1.807) is 18.3 Å². The van der Waals surface area contributed by atoms with E-state index in [-0.39, 0.29) is 17.8 Å². The fourth-order valence-corrected chi connectivity index (χ4v) is 3.46. The summed E-state index contributed by atoms with van der Waals surface area (Å²) in [5, 5.41) is 3.77. The van der Waals surface area contributed by atoms with Crippen LogP contribution in [-0.2, 0) is 9.54 Å². The number of amidine groups is 1. The molecule has 6 heteroatoms. The molecule has 0 saturated carbocycles. The van der Waals surface area contributed by atoms with E-state index in [4.69, 9.17) is 0 Å². The van der Waals surface area contributed by atoms with E-state index in [0.717, 1.165) is 5.56 Å². The van der Waals surface area contributed by atoms with Crippen LogP contribution >= 0.6 is 11.8 Å². The van der Waals surface area contributed by atoms with Crippen LogP contribution in [0.4, 0.5) is 4.39 Å². The van der Waals surface area contributed by atoms with Crippen LogP contribution in [0.5, 0.6) is 0 Å². The van der Waals surface area contributed by atoms with Gasteiger partial charge in [-0.1, -0.05) is 30.0 Å². The molecule has 118 valence electrons. The molecule has 0 fully saturated rings. The lowest BCUT2D eigenvalue weighted by molar-refractivity contribution is -0.119. The van der Waals surface area contributed by atoms with Crippen LogP contribution in [0.15, 0.2) is 53.7 Å². The smallest absolute Gasteiger partial charge is 0.270 e. The molecule has 2 heterocycles. The van der Waals surface area contributed by atoms with Crippen molar-refractivity contribution in [2.75, 3.05) is 0 Å². The van der Waals surface area contributed by atoms with E-state index in [0.29, 0.717) is 10.9 Å². The predicted octanol–water partition coefficient (Wildman–Crippen LogP) is 3.42. The van der Waals surface area contributed by atoms with Gasteiger partial charge in [0.15, 0.2) is 5.17 Å². The topological polar surface area (TPSA) is 54.4 Å². The summed E-state index contributed by atoms with van der Waals surface area (Å²) in [5.41, 5.74) is 1.61. The number of hydrogen-bond donors (Lipinski definition) is 1. The van der Waals surface area contributed by atoms with Crippen LogP contribution in [0.1, 0.15) is 31.1 Å². The highest BCUT2D eigenvalue weighted by Crippen LogP contribution is 2.41. The van der Waals surface area contributed by atoms with Gasteiger partial charge in [-0.25, -0.2) is 4.39 Å². The van der Waals surface area contributed by atoms with E-state index in [9.17, 15) is 9.18 Å². The van der Waals surface area contributed by atoms with E-state index >= 15 is 0 Å². The van der Waals surface area contributed by atoms with Crippen molar-refractivity contribution in [2.45, 2.75) is 24.6 Å². The highest BCUT2D eigenvalue weighted by atomic mass is 32.2. The molecule has 1 N–H and O–H groups in total. The lowest BCUT2D eigenvalue weighted by Gasteiger charge is -2.20. The molecule has 0 saturated heterocycles. The molecule has 2 aromatic rings. The molecule has 0 radical (unpaired) electrons. The zero-order chi connectivity index (χ0) is 16.4. The van der Waals surface area contributed by atoms with Gasteiger partial charge in [0.05, 0.1) is 11.7 Å². The van der Waals surface area contributed by atoms with Gasteiger partial charge >= 0.3 is 0 Å². The Balaban J connectivity index is 1.74. The molecule has 1 amide bonds. The number of amides is 1. The van der Waals surface area contributed by atoms with Crippen molar-refractivity contribution in [3.05, 3.63) is 65.7 Å². The zero-order valence-corrected chi connectivity index (χ0v) is 13.6. The SMILES string of the molecule is C[C@H](NC1=NC(=O)C(C)(c2ccccn2)S1)c1ccc(F)cc1. The van der Waals surface area contributed by atoms with Crippen LogP contribution in [0, 0.1) is 5.82 Å². The van der Waals surface area contributed by atoms with Crippen LogP contribution < -0.4 is 5.32 Å². The molecule has 2 atom stereocenters. The molecule has 0 aliphatic carbocycles. The Morgan fingerprint density at radius 3 is 2.61 bits per heavy atom. The van der Waals surface area contributed by atoms with E-state index < -0.39 is 4.75 Å². The summed E-state index contributed by atoms with van der Waals surface area (Å²) >= 11 is 1.35. The van der Waals surface area contributed by atoms with E-state index in [1.807, 2.05) is 32.0 Å². The average molecular weight is 329 g/mol. The first-order valence-electron chi connectivity index (χ1n) is 7.25. The summed E-state index contributed by atoms with van der Waals surface area (Å²) in [7, 11) is 0. The highest BCUT2D eigenvalue weighted by Gasteiger charge is 2.44. The Hall–Kier alpha value is -2.21. The van der Waals surface area contributed by atoms with Crippen LogP contribution in [0.2, 0.25) is 0 Å². The number of nitrogens with one attached hydrogen (secondary N) is 1. The maximum absolute atomic E-state index is 13.0. The molecule has 0 spiro atoms. The van der Waals surface area contributed by atoms with Gasteiger partial charge in [0.25, 0.3) is 5.91 Å². The Labute approximate surface area is 138 Å². The van der Waals surface area contributed by atoms with Gasteiger partial charge in [0, 0.05) is 6.20 Å². The van der Waals surface area contributed by atoms with Crippen molar-refractivity contribution < 1.29 is 9.18 Å². The molecule has 1 aromatic heterocycles. The molecular weight excluding hydrogens is 313 g/mol. The lowest BCUT2D eigenvalue weighted by Crippen LogP contribution is -2.27. The standard InChI is InChI=1S/C17H16FN3OS/c1-11(12-6-8-13(18)9-7-12)20-16-21-15(22)17(2,23-16)14-5-3-4-10-19-14/h3-11H,1-2H3,(H,20,21,22)/t11-,17?/m0/s1. The van der Waals surface area contributed by atoms with Gasteiger partial charge in [-0.05, 0) is 43.7 Å². The van der Waals surface area contributed by atoms with Crippen LogP contribution in [0.3, 0.4) is 0 Å². The van der Waals surface area contributed by atoms with Crippen LogP contribution in [-0.4, -0.2) is 16.1 Å². The Morgan fingerprint density at radius 1 is 1.22 bits per heavy atom. The van der Waals surface area contributed by atoms with E-state index in [2.05, 4.69) is 15.3 Å². The second kappa shape index (κ2) is 6.12. The fraction of sp³-hybridized carbons (Fsp3) is 0.235. The molecule has 23 heavy (non-hydrogen) atoms. The number of halogens is 1. The summed E-state index contributed by atoms with van der Waals surface area (Å²) in [6.07, 6.45) is 1.67. The first kappa shape index (κ1) is 15.7. The number of carbonyl (C=O) groups is 1. The molecular formula is C17H16FN3OS. The minimum Gasteiger partial charge on any atom is -0.358 e. The molecule has 1 aliphatic rings. The highest BCUT2D eigenvalue weighted by molar-refractivity contribution is 8.15. The monoisotopic (exact) mass is 329 g/mol. The number of pyridine rings is 1. The van der Waals surface area contributed by atoms with Crippen molar-refractivity contribution >= 4 is 22.8 Å². The number of aliphatic imine (C=N–C) groups is 1.